The monoisotopic (exact) mass is 684 g/mol. The van der Waals surface area contributed by atoms with Gasteiger partial charge in [0.2, 0.25) is 10.0 Å². The van der Waals surface area contributed by atoms with Crippen molar-refractivity contribution < 1.29 is 13.2 Å². The number of anilines is 4. The minimum Gasteiger partial charge on any atom is -0.370 e. The molecule has 1 saturated carbocycles. The fourth-order valence-electron chi connectivity index (χ4n) is 6.74. The summed E-state index contributed by atoms with van der Waals surface area (Å²) in [6.07, 6.45) is 5.23. The lowest BCUT2D eigenvalue weighted by Crippen LogP contribution is -2.52. The predicted molar refractivity (Wildman–Crippen MR) is 185 cm³/mol. The predicted octanol–water partition coefficient (Wildman–Crippen LogP) is 3.20. The van der Waals surface area contributed by atoms with Crippen LogP contribution in [0.4, 0.5) is 23.0 Å². The Balaban J connectivity index is 1.44. The van der Waals surface area contributed by atoms with Crippen LogP contribution < -0.4 is 21.4 Å². The van der Waals surface area contributed by atoms with Gasteiger partial charge in [-0.05, 0) is 70.2 Å². The standard InChI is InChI=1S/C31H48N12O4S/c1-5-25-29(33-21-6-8-22(38-45)9-7-21)36-30(28(35-25)31(44)37-39-32)34-23-10-11-26(27(20-23)48(46,47)40(2)3)43-14-12-24(13-15-43)42-18-16-41(4)17-19-42/h10-11,20-22,24H,5-9,12-19H2,1-4H3,(H2,32,37,44)(H2,33,34,36)/t21-,22-. The zero-order valence-corrected chi connectivity index (χ0v) is 29.1. The highest BCUT2D eigenvalue weighted by Crippen LogP contribution is 2.35. The van der Waals surface area contributed by atoms with Gasteiger partial charge in [-0.2, -0.15) is 4.91 Å². The van der Waals surface area contributed by atoms with E-state index in [0.717, 1.165) is 65.0 Å². The molecule has 262 valence electrons. The molecule has 1 aromatic heterocycles. The third kappa shape index (κ3) is 8.07. The number of rotatable bonds is 11. The molecule has 2 aliphatic heterocycles. The molecule has 2 saturated heterocycles. The van der Waals surface area contributed by atoms with Gasteiger partial charge < -0.3 is 26.3 Å². The summed E-state index contributed by atoms with van der Waals surface area (Å²) in [5.41, 5.74) is 1.51. The van der Waals surface area contributed by atoms with E-state index in [1.807, 2.05) is 13.0 Å². The van der Waals surface area contributed by atoms with Crippen molar-refractivity contribution in [2.45, 2.75) is 74.9 Å². The van der Waals surface area contributed by atoms with Gasteiger partial charge in [0, 0.05) is 71.1 Å². The van der Waals surface area contributed by atoms with E-state index in [9.17, 15) is 18.1 Å². The number of carbonyl (C=O) groups excluding carboxylic acids is 1. The average molecular weight is 685 g/mol. The van der Waals surface area contributed by atoms with Gasteiger partial charge >= 0.3 is 5.91 Å². The maximum Gasteiger partial charge on any atom is 0.319 e. The maximum atomic E-state index is 13.7. The van der Waals surface area contributed by atoms with Crippen molar-refractivity contribution >= 4 is 38.9 Å². The van der Waals surface area contributed by atoms with Crippen molar-refractivity contribution in [2.75, 3.05) is 75.9 Å². The number of piperidine rings is 1. The Bertz CT molecular complexity index is 1580. The molecule has 0 unspecified atom stereocenters. The summed E-state index contributed by atoms with van der Waals surface area (Å²) in [5, 5.41) is 16.4. The zero-order valence-electron chi connectivity index (χ0n) is 28.3. The molecule has 0 spiro atoms. The number of likely N-dealkylation sites (N-methyl/N-ethyl adjacent to an activating group) is 1. The maximum absolute atomic E-state index is 13.7. The summed E-state index contributed by atoms with van der Waals surface area (Å²) in [5.74, 6) is 5.00. The minimum atomic E-state index is -3.85. The van der Waals surface area contributed by atoms with E-state index >= 15 is 0 Å². The van der Waals surface area contributed by atoms with E-state index < -0.39 is 15.9 Å². The molecule has 0 atom stereocenters. The first-order valence-corrected chi connectivity index (χ1v) is 18.1. The second-order valence-corrected chi connectivity index (χ2v) is 15.1. The van der Waals surface area contributed by atoms with Crippen molar-refractivity contribution in [1.29, 1.82) is 0 Å². The highest BCUT2D eigenvalue weighted by Gasteiger charge is 2.31. The first-order chi connectivity index (χ1) is 23.0. The third-order valence-electron chi connectivity index (χ3n) is 9.68. The highest BCUT2D eigenvalue weighted by molar-refractivity contribution is 7.89. The van der Waals surface area contributed by atoms with Crippen molar-refractivity contribution in [2.24, 2.45) is 21.4 Å². The molecule has 5 rings (SSSR count). The van der Waals surface area contributed by atoms with Crippen LogP contribution >= 0.6 is 0 Å². The lowest BCUT2D eigenvalue weighted by molar-refractivity contribution is 0.0981. The number of nitrogens with two attached hydrogens (primary N) is 1. The van der Waals surface area contributed by atoms with Gasteiger partial charge in [-0.3, -0.25) is 9.69 Å². The number of nitrogens with zero attached hydrogens (tertiary/aromatic N) is 9. The number of amides is 1. The molecule has 3 heterocycles. The molecular weight excluding hydrogens is 636 g/mol. The molecule has 1 aliphatic carbocycles. The Morgan fingerprint density at radius 3 is 2.29 bits per heavy atom. The van der Waals surface area contributed by atoms with Crippen LogP contribution in [0.25, 0.3) is 0 Å². The number of hydrogen-bond donors (Lipinski definition) is 3. The molecule has 2 aromatic rings. The van der Waals surface area contributed by atoms with Gasteiger partial charge in [0.15, 0.2) is 11.5 Å². The molecule has 3 fully saturated rings. The molecular formula is C31H48N12O4S. The lowest BCUT2D eigenvalue weighted by Gasteiger charge is -2.43. The summed E-state index contributed by atoms with van der Waals surface area (Å²) in [4.78, 5) is 40.5. The Kier molecular flexibility index (Phi) is 11.5. The topological polar surface area (TPSA) is 194 Å². The van der Waals surface area contributed by atoms with Gasteiger partial charge in [-0.1, -0.05) is 22.4 Å². The van der Waals surface area contributed by atoms with Crippen LogP contribution in [0.3, 0.4) is 0 Å². The number of aromatic nitrogens is 2. The Morgan fingerprint density at radius 2 is 1.69 bits per heavy atom. The highest BCUT2D eigenvalue weighted by atomic mass is 32.2. The van der Waals surface area contributed by atoms with Gasteiger partial charge in [0.05, 0.1) is 17.4 Å². The molecule has 1 aromatic carbocycles. The third-order valence-corrected chi connectivity index (χ3v) is 11.5. The fraction of sp³-hybridized carbons (Fsp3) is 0.645. The van der Waals surface area contributed by atoms with E-state index in [1.54, 1.807) is 12.1 Å². The molecule has 17 heteroatoms. The van der Waals surface area contributed by atoms with E-state index in [4.69, 9.17) is 10.8 Å². The first kappa shape index (κ1) is 35.5. The summed E-state index contributed by atoms with van der Waals surface area (Å²) in [6, 6.07) is 5.52. The van der Waals surface area contributed by atoms with Crippen LogP contribution in [-0.4, -0.2) is 117 Å². The average Bonchev–Trinajstić information content (AvgIpc) is 3.09. The minimum absolute atomic E-state index is 0.0530. The fourth-order valence-corrected chi connectivity index (χ4v) is 7.87. The van der Waals surface area contributed by atoms with Crippen LogP contribution in [0.1, 0.15) is 61.6 Å². The Labute approximate surface area is 282 Å². The number of sulfonamides is 1. The smallest absolute Gasteiger partial charge is 0.319 e. The number of nitroso groups, excluding NO2 is 1. The lowest BCUT2D eigenvalue weighted by atomic mass is 9.92. The van der Waals surface area contributed by atoms with E-state index in [-0.39, 0.29) is 28.5 Å². The van der Waals surface area contributed by atoms with Crippen molar-refractivity contribution in [3.63, 3.8) is 0 Å². The quantitative estimate of drug-likeness (QED) is 0.136. The van der Waals surface area contributed by atoms with Crippen molar-refractivity contribution in [3.05, 3.63) is 34.5 Å². The Morgan fingerprint density at radius 1 is 1.00 bits per heavy atom. The van der Waals surface area contributed by atoms with Gasteiger partial charge in [-0.15, -0.1) is 0 Å². The number of hydrogen-bond acceptors (Lipinski definition) is 13. The summed E-state index contributed by atoms with van der Waals surface area (Å²) >= 11 is 0. The van der Waals surface area contributed by atoms with Gasteiger partial charge in [0.25, 0.3) is 0 Å². The van der Waals surface area contributed by atoms with Crippen molar-refractivity contribution in [3.8, 4) is 0 Å². The van der Waals surface area contributed by atoms with E-state index in [0.29, 0.717) is 48.2 Å². The largest absolute Gasteiger partial charge is 0.370 e. The van der Waals surface area contributed by atoms with E-state index in [2.05, 4.69) is 52.9 Å². The normalized spacial score (nSPS) is 21.9. The summed E-state index contributed by atoms with van der Waals surface area (Å²) in [6.45, 7) is 7.61. The molecule has 0 bridgehead atoms. The zero-order chi connectivity index (χ0) is 34.4. The van der Waals surface area contributed by atoms with Gasteiger partial charge in [0.1, 0.15) is 10.7 Å². The first-order valence-electron chi connectivity index (χ1n) is 16.7. The van der Waals surface area contributed by atoms with Gasteiger partial charge in [-0.25, -0.2) is 22.7 Å². The SMILES string of the molecule is CCc1nc(C(=O)N=NN)c(Nc2ccc(N3CCC(N4CCN(C)CC4)CC3)c(S(=O)(=O)N(C)C)c2)nc1N[C@H]1CC[C@H](N=O)CC1. The second kappa shape index (κ2) is 15.6. The van der Waals surface area contributed by atoms with Crippen LogP contribution in [0, 0.1) is 4.91 Å². The number of benzene rings is 1. The van der Waals surface area contributed by atoms with Crippen LogP contribution in [0.15, 0.2) is 38.6 Å². The number of aryl methyl sites for hydroxylation is 1. The molecule has 48 heavy (non-hydrogen) atoms. The van der Waals surface area contributed by atoms with Crippen LogP contribution in [0.5, 0.6) is 0 Å². The van der Waals surface area contributed by atoms with E-state index in [1.165, 1.54) is 18.4 Å². The summed E-state index contributed by atoms with van der Waals surface area (Å²) < 4.78 is 28.6. The number of piperazine rings is 1. The van der Waals surface area contributed by atoms with Crippen LogP contribution in [0.2, 0.25) is 0 Å². The Hall–Kier alpha value is -3.80. The molecule has 4 N–H and O–H groups in total. The molecule has 0 radical (unpaired) electrons. The van der Waals surface area contributed by atoms with Crippen LogP contribution in [-0.2, 0) is 16.4 Å². The second-order valence-electron chi connectivity index (χ2n) is 13.0. The summed E-state index contributed by atoms with van der Waals surface area (Å²) in [7, 11) is 1.33. The molecule has 16 nitrogen and oxygen atoms in total. The molecule has 3 aliphatic rings. The number of carbonyl (C=O) groups is 1. The van der Waals surface area contributed by atoms with Crippen molar-refractivity contribution in [1.82, 2.24) is 24.1 Å². The molecule has 1 amide bonds. The number of nitrogens with one attached hydrogen (secondary N) is 2.